The highest BCUT2D eigenvalue weighted by molar-refractivity contribution is 5.69. The number of ether oxygens (including phenoxy) is 1. The molecule has 1 atom stereocenters. The van der Waals surface area contributed by atoms with Crippen molar-refractivity contribution < 1.29 is 9.53 Å². The van der Waals surface area contributed by atoms with Gasteiger partial charge in [0.15, 0.2) is 0 Å². The lowest BCUT2D eigenvalue weighted by Gasteiger charge is -2.35. The summed E-state index contributed by atoms with van der Waals surface area (Å²) in [6, 6.07) is 0. The Hall–Kier alpha value is -0.790. The number of hydrogen-bond donors (Lipinski definition) is 0. The SMILES string of the molecule is CCCC(=O)OC(C)(C)[C@H]1CC=C(C)CC1. The fraction of sp³-hybridized carbons (Fsp3) is 0.786. The van der Waals surface area contributed by atoms with Crippen molar-refractivity contribution >= 4 is 5.97 Å². The van der Waals surface area contributed by atoms with Crippen LogP contribution in [0.3, 0.4) is 0 Å². The average Bonchev–Trinajstić information content (AvgIpc) is 2.17. The van der Waals surface area contributed by atoms with Crippen LogP contribution in [0.5, 0.6) is 0 Å². The molecule has 0 radical (unpaired) electrons. The van der Waals surface area contributed by atoms with Crippen molar-refractivity contribution in [2.75, 3.05) is 0 Å². The first-order valence-corrected chi connectivity index (χ1v) is 6.33. The molecular formula is C14H24O2. The van der Waals surface area contributed by atoms with E-state index in [1.165, 1.54) is 5.57 Å². The van der Waals surface area contributed by atoms with E-state index in [4.69, 9.17) is 4.74 Å². The third kappa shape index (κ3) is 3.66. The van der Waals surface area contributed by atoms with Crippen LogP contribution < -0.4 is 0 Å². The lowest BCUT2D eigenvalue weighted by atomic mass is 9.79. The zero-order valence-electron chi connectivity index (χ0n) is 11.0. The minimum Gasteiger partial charge on any atom is -0.459 e. The monoisotopic (exact) mass is 224 g/mol. The second kappa shape index (κ2) is 5.51. The van der Waals surface area contributed by atoms with Crippen LogP contribution in [0.1, 0.15) is 59.8 Å². The Morgan fingerprint density at radius 2 is 2.25 bits per heavy atom. The second-order valence-electron chi connectivity index (χ2n) is 5.35. The fourth-order valence-corrected chi connectivity index (χ4v) is 2.23. The van der Waals surface area contributed by atoms with E-state index in [9.17, 15) is 4.79 Å². The van der Waals surface area contributed by atoms with E-state index in [1.54, 1.807) is 0 Å². The molecule has 0 heterocycles. The van der Waals surface area contributed by atoms with Crippen molar-refractivity contribution in [1.82, 2.24) is 0 Å². The summed E-state index contributed by atoms with van der Waals surface area (Å²) in [5.41, 5.74) is 1.15. The molecule has 0 fully saturated rings. The number of carbonyl (C=O) groups is 1. The molecule has 0 unspecified atom stereocenters. The first-order valence-electron chi connectivity index (χ1n) is 6.33. The van der Waals surface area contributed by atoms with Crippen LogP contribution in [0.15, 0.2) is 11.6 Å². The predicted molar refractivity (Wildman–Crippen MR) is 66.2 cm³/mol. The van der Waals surface area contributed by atoms with Crippen LogP contribution in [-0.4, -0.2) is 11.6 Å². The third-order valence-corrected chi connectivity index (χ3v) is 3.45. The van der Waals surface area contributed by atoms with Crippen LogP contribution in [0.25, 0.3) is 0 Å². The molecule has 2 heteroatoms. The summed E-state index contributed by atoms with van der Waals surface area (Å²) >= 11 is 0. The largest absolute Gasteiger partial charge is 0.459 e. The summed E-state index contributed by atoms with van der Waals surface area (Å²) in [6.07, 6.45) is 6.99. The van der Waals surface area contributed by atoms with Gasteiger partial charge in [0, 0.05) is 12.3 Å². The maximum Gasteiger partial charge on any atom is 0.306 e. The number of rotatable bonds is 4. The number of hydrogen-bond acceptors (Lipinski definition) is 2. The van der Waals surface area contributed by atoms with E-state index in [0.29, 0.717) is 12.3 Å². The molecule has 0 saturated carbocycles. The summed E-state index contributed by atoms with van der Waals surface area (Å²) in [7, 11) is 0. The molecule has 0 aromatic carbocycles. The lowest BCUT2D eigenvalue weighted by molar-refractivity contribution is -0.162. The van der Waals surface area contributed by atoms with Gasteiger partial charge < -0.3 is 4.74 Å². The third-order valence-electron chi connectivity index (χ3n) is 3.45. The number of carbonyl (C=O) groups excluding carboxylic acids is 1. The van der Waals surface area contributed by atoms with E-state index in [2.05, 4.69) is 13.0 Å². The van der Waals surface area contributed by atoms with Crippen molar-refractivity contribution in [2.45, 2.75) is 65.4 Å². The van der Waals surface area contributed by atoms with Gasteiger partial charge in [-0.15, -0.1) is 0 Å². The summed E-state index contributed by atoms with van der Waals surface area (Å²) in [5.74, 6) is 0.413. The highest BCUT2D eigenvalue weighted by atomic mass is 16.6. The molecule has 0 amide bonds. The lowest BCUT2D eigenvalue weighted by Crippen LogP contribution is -2.37. The molecular weight excluding hydrogens is 200 g/mol. The van der Waals surface area contributed by atoms with Crippen molar-refractivity contribution in [1.29, 1.82) is 0 Å². The Balaban J connectivity index is 2.53. The summed E-state index contributed by atoms with van der Waals surface area (Å²) < 4.78 is 5.58. The Morgan fingerprint density at radius 3 is 2.75 bits per heavy atom. The molecule has 1 aliphatic rings. The topological polar surface area (TPSA) is 26.3 Å². The van der Waals surface area contributed by atoms with E-state index >= 15 is 0 Å². The van der Waals surface area contributed by atoms with Crippen LogP contribution in [0.2, 0.25) is 0 Å². The van der Waals surface area contributed by atoms with Gasteiger partial charge in [0.2, 0.25) is 0 Å². The van der Waals surface area contributed by atoms with E-state index < -0.39 is 0 Å². The highest BCUT2D eigenvalue weighted by Crippen LogP contribution is 2.34. The predicted octanol–water partition coefficient (Wildman–Crippen LogP) is 3.85. The van der Waals surface area contributed by atoms with Gasteiger partial charge in [-0.25, -0.2) is 0 Å². The minimum atomic E-state index is -0.316. The average molecular weight is 224 g/mol. The standard InChI is InChI=1S/C14H24O2/c1-5-6-13(15)16-14(3,4)12-9-7-11(2)8-10-12/h7,12H,5-6,8-10H2,1-4H3/t12-/m0/s1. The number of esters is 1. The molecule has 1 aliphatic carbocycles. The Morgan fingerprint density at radius 1 is 1.56 bits per heavy atom. The van der Waals surface area contributed by atoms with Crippen molar-refractivity contribution in [2.24, 2.45) is 5.92 Å². The van der Waals surface area contributed by atoms with Crippen LogP contribution in [-0.2, 0) is 9.53 Å². The van der Waals surface area contributed by atoms with Gasteiger partial charge >= 0.3 is 5.97 Å². The van der Waals surface area contributed by atoms with Gasteiger partial charge in [-0.2, -0.15) is 0 Å². The molecule has 2 nitrogen and oxygen atoms in total. The van der Waals surface area contributed by atoms with Gasteiger partial charge in [0.1, 0.15) is 5.60 Å². The maximum atomic E-state index is 11.5. The van der Waals surface area contributed by atoms with Gasteiger partial charge in [-0.05, 0) is 46.5 Å². The van der Waals surface area contributed by atoms with Gasteiger partial charge in [-0.1, -0.05) is 18.6 Å². The Labute approximate surface area is 99.1 Å². The normalized spacial score (nSPS) is 21.5. The molecule has 92 valence electrons. The minimum absolute atomic E-state index is 0.0567. The molecule has 0 bridgehead atoms. The molecule has 0 saturated heterocycles. The van der Waals surface area contributed by atoms with Crippen LogP contribution in [0, 0.1) is 5.92 Å². The second-order valence-corrected chi connectivity index (χ2v) is 5.35. The van der Waals surface area contributed by atoms with Crippen molar-refractivity contribution in [3.8, 4) is 0 Å². The van der Waals surface area contributed by atoms with E-state index in [-0.39, 0.29) is 11.6 Å². The quantitative estimate of drug-likeness (QED) is 0.535. The molecule has 0 aromatic rings. The summed E-state index contributed by atoms with van der Waals surface area (Å²) in [6.45, 7) is 8.26. The fourth-order valence-electron chi connectivity index (χ4n) is 2.23. The van der Waals surface area contributed by atoms with Crippen LogP contribution >= 0.6 is 0 Å². The molecule has 1 rings (SSSR count). The smallest absolute Gasteiger partial charge is 0.306 e. The maximum absolute atomic E-state index is 11.5. The summed E-state index contributed by atoms with van der Waals surface area (Å²) in [5, 5.41) is 0. The highest BCUT2D eigenvalue weighted by Gasteiger charge is 2.33. The van der Waals surface area contributed by atoms with Crippen molar-refractivity contribution in [3.63, 3.8) is 0 Å². The number of allylic oxidation sites excluding steroid dienone is 2. The first-order chi connectivity index (χ1) is 7.45. The van der Waals surface area contributed by atoms with E-state index in [0.717, 1.165) is 25.7 Å². The first kappa shape index (κ1) is 13.3. The van der Waals surface area contributed by atoms with Crippen LogP contribution in [0.4, 0.5) is 0 Å². The molecule has 16 heavy (non-hydrogen) atoms. The van der Waals surface area contributed by atoms with Gasteiger partial charge in [0.25, 0.3) is 0 Å². The zero-order chi connectivity index (χ0) is 12.2. The van der Waals surface area contributed by atoms with Gasteiger partial charge in [-0.3, -0.25) is 4.79 Å². The molecule has 0 spiro atoms. The Bertz CT molecular complexity index is 276. The Kier molecular flexibility index (Phi) is 4.57. The van der Waals surface area contributed by atoms with E-state index in [1.807, 2.05) is 20.8 Å². The summed E-state index contributed by atoms with van der Waals surface area (Å²) in [4.78, 5) is 11.5. The molecule has 0 aliphatic heterocycles. The molecule has 0 aromatic heterocycles. The zero-order valence-corrected chi connectivity index (χ0v) is 11.0. The van der Waals surface area contributed by atoms with Crippen molar-refractivity contribution in [3.05, 3.63) is 11.6 Å². The van der Waals surface area contributed by atoms with Gasteiger partial charge in [0.05, 0.1) is 0 Å². The molecule has 0 N–H and O–H groups in total.